The molecule has 0 bridgehead atoms. The molecule has 3 rings (SSSR count). The number of fused-ring (bicyclic) bond motifs is 1. The number of benzene rings is 2. The molecule has 33 heavy (non-hydrogen) atoms. The van der Waals surface area contributed by atoms with Gasteiger partial charge in [-0.25, -0.2) is 4.79 Å². The van der Waals surface area contributed by atoms with E-state index >= 15 is 0 Å². The van der Waals surface area contributed by atoms with Crippen molar-refractivity contribution >= 4 is 28.7 Å². The lowest BCUT2D eigenvalue weighted by Gasteiger charge is -2.22. The third-order valence-electron chi connectivity index (χ3n) is 5.22. The van der Waals surface area contributed by atoms with Gasteiger partial charge in [0.25, 0.3) is 0 Å². The van der Waals surface area contributed by atoms with Crippen LogP contribution in [0.15, 0.2) is 54.7 Å². The average Bonchev–Trinajstić information content (AvgIpc) is 3.16. The van der Waals surface area contributed by atoms with E-state index in [2.05, 4.69) is 15.6 Å². The molecule has 0 fully saturated rings. The predicted molar refractivity (Wildman–Crippen MR) is 122 cm³/mol. The fourth-order valence-electron chi connectivity index (χ4n) is 3.59. The Labute approximate surface area is 190 Å². The number of aliphatic carboxylic acids is 1. The molecular formula is C24H27N3O6. The van der Waals surface area contributed by atoms with Crippen LogP contribution in [-0.2, 0) is 27.2 Å². The summed E-state index contributed by atoms with van der Waals surface area (Å²) in [6.45, 7) is 1.45. The number of aliphatic hydroxyl groups is 1. The lowest BCUT2D eigenvalue weighted by atomic mass is 10.0. The zero-order valence-corrected chi connectivity index (χ0v) is 18.1. The van der Waals surface area contributed by atoms with E-state index in [1.54, 1.807) is 18.3 Å². The van der Waals surface area contributed by atoms with Gasteiger partial charge in [0.1, 0.15) is 17.8 Å². The van der Waals surface area contributed by atoms with E-state index in [-0.39, 0.29) is 25.0 Å². The Morgan fingerprint density at radius 2 is 1.67 bits per heavy atom. The molecule has 0 saturated carbocycles. The van der Waals surface area contributed by atoms with E-state index in [9.17, 15) is 29.7 Å². The Balaban J connectivity index is 1.77. The van der Waals surface area contributed by atoms with Gasteiger partial charge in [-0.1, -0.05) is 30.3 Å². The number of para-hydroxylation sites is 1. The molecule has 174 valence electrons. The maximum absolute atomic E-state index is 13.0. The van der Waals surface area contributed by atoms with Crippen LogP contribution in [0.5, 0.6) is 5.75 Å². The van der Waals surface area contributed by atoms with Crippen molar-refractivity contribution in [2.45, 2.75) is 44.4 Å². The number of aliphatic hydroxyl groups excluding tert-OH is 1. The third-order valence-corrected chi connectivity index (χ3v) is 5.22. The molecule has 1 unspecified atom stereocenters. The highest BCUT2D eigenvalue weighted by molar-refractivity contribution is 5.91. The number of phenols is 1. The summed E-state index contributed by atoms with van der Waals surface area (Å²) in [6, 6.07) is 11.3. The summed E-state index contributed by atoms with van der Waals surface area (Å²) >= 11 is 0. The number of nitrogens with one attached hydrogen (secondary N) is 3. The molecule has 0 aliphatic heterocycles. The predicted octanol–water partition coefficient (Wildman–Crippen LogP) is 1.48. The second-order valence-electron chi connectivity index (χ2n) is 8.01. The highest BCUT2D eigenvalue weighted by atomic mass is 16.4. The van der Waals surface area contributed by atoms with Gasteiger partial charge in [-0.2, -0.15) is 0 Å². The van der Waals surface area contributed by atoms with E-state index in [1.807, 2.05) is 24.3 Å². The Hall–Kier alpha value is -3.85. The average molecular weight is 453 g/mol. The fraction of sp³-hybridized carbons (Fsp3) is 0.292. The van der Waals surface area contributed by atoms with Crippen LogP contribution in [0.25, 0.3) is 10.9 Å². The van der Waals surface area contributed by atoms with Crippen LogP contribution in [0.2, 0.25) is 0 Å². The van der Waals surface area contributed by atoms with Crippen molar-refractivity contribution < 1.29 is 29.7 Å². The number of hydrogen-bond acceptors (Lipinski definition) is 5. The van der Waals surface area contributed by atoms with Gasteiger partial charge < -0.3 is 30.9 Å². The Morgan fingerprint density at radius 1 is 0.970 bits per heavy atom. The standard InChI is InChI=1S/C24H27N3O6/c1-14(28)10-22(30)26-20(11-15-6-8-17(29)9-7-15)23(31)27-21(24(32)33)12-16-13-25-19-5-3-2-4-18(16)19/h2-9,13-14,20-21,25,28-29H,10-12H2,1H3,(H,26,30)(H,27,31)(H,32,33)/t14?,20-,21-/m0/s1. The smallest absolute Gasteiger partial charge is 0.326 e. The minimum atomic E-state index is -1.22. The number of H-pyrrole nitrogens is 1. The number of carbonyl (C=O) groups excluding carboxylic acids is 2. The molecule has 6 N–H and O–H groups in total. The number of aromatic nitrogens is 1. The van der Waals surface area contributed by atoms with Crippen LogP contribution in [0.4, 0.5) is 0 Å². The van der Waals surface area contributed by atoms with Gasteiger partial charge in [-0.15, -0.1) is 0 Å². The summed E-state index contributed by atoms with van der Waals surface area (Å²) in [4.78, 5) is 40.3. The van der Waals surface area contributed by atoms with E-state index in [0.29, 0.717) is 5.56 Å². The molecule has 0 radical (unpaired) electrons. The van der Waals surface area contributed by atoms with E-state index in [1.165, 1.54) is 19.1 Å². The molecule has 2 aromatic carbocycles. The number of carbonyl (C=O) groups is 3. The Bertz CT molecular complexity index is 1120. The van der Waals surface area contributed by atoms with Gasteiger partial charge in [-0.3, -0.25) is 9.59 Å². The number of carboxylic acids is 1. The molecule has 0 saturated heterocycles. The monoisotopic (exact) mass is 453 g/mol. The van der Waals surface area contributed by atoms with Crippen molar-refractivity contribution in [3.63, 3.8) is 0 Å². The van der Waals surface area contributed by atoms with Gasteiger partial charge in [0.15, 0.2) is 0 Å². The molecule has 0 spiro atoms. The first-order valence-corrected chi connectivity index (χ1v) is 10.6. The van der Waals surface area contributed by atoms with Gasteiger partial charge in [0, 0.05) is 29.9 Å². The largest absolute Gasteiger partial charge is 0.508 e. The fourth-order valence-corrected chi connectivity index (χ4v) is 3.59. The summed E-state index contributed by atoms with van der Waals surface area (Å²) in [5, 5.41) is 34.6. The maximum Gasteiger partial charge on any atom is 0.326 e. The van der Waals surface area contributed by atoms with Crippen molar-refractivity contribution in [1.82, 2.24) is 15.6 Å². The number of aromatic hydroxyl groups is 1. The van der Waals surface area contributed by atoms with Gasteiger partial charge in [-0.05, 0) is 36.2 Å². The molecule has 2 amide bonds. The van der Waals surface area contributed by atoms with Crippen molar-refractivity contribution in [2.75, 3.05) is 0 Å². The minimum absolute atomic E-state index is 0.0542. The SMILES string of the molecule is CC(O)CC(=O)N[C@@H](Cc1ccc(O)cc1)C(=O)N[C@@H](Cc1c[nH]c2ccccc12)C(=O)O. The van der Waals surface area contributed by atoms with Crippen LogP contribution in [0, 0.1) is 0 Å². The maximum atomic E-state index is 13.0. The van der Waals surface area contributed by atoms with Crippen LogP contribution in [0.1, 0.15) is 24.5 Å². The number of phenolic OH excluding ortho intramolecular Hbond substituents is 1. The highest BCUT2D eigenvalue weighted by Crippen LogP contribution is 2.19. The van der Waals surface area contributed by atoms with Crippen LogP contribution < -0.4 is 10.6 Å². The molecule has 0 aliphatic carbocycles. The first-order chi connectivity index (χ1) is 15.7. The van der Waals surface area contributed by atoms with Crippen LogP contribution >= 0.6 is 0 Å². The number of aromatic amines is 1. The molecule has 3 atom stereocenters. The van der Waals surface area contributed by atoms with Crippen LogP contribution in [0.3, 0.4) is 0 Å². The second-order valence-corrected chi connectivity index (χ2v) is 8.01. The van der Waals surface area contributed by atoms with Gasteiger partial charge in [0.2, 0.25) is 11.8 Å². The zero-order chi connectivity index (χ0) is 24.0. The topological polar surface area (TPSA) is 152 Å². The number of carboxylic acid groups (broad SMARTS) is 1. The molecule has 9 heteroatoms. The molecule has 0 aliphatic rings. The van der Waals surface area contributed by atoms with Crippen molar-refractivity contribution in [2.24, 2.45) is 0 Å². The first kappa shape index (κ1) is 23.8. The second kappa shape index (κ2) is 10.6. The van der Waals surface area contributed by atoms with E-state index in [0.717, 1.165) is 16.5 Å². The summed E-state index contributed by atoms with van der Waals surface area (Å²) in [5.41, 5.74) is 2.26. The zero-order valence-electron chi connectivity index (χ0n) is 18.1. The molecule has 1 heterocycles. The summed E-state index contributed by atoms with van der Waals surface area (Å²) in [5.74, 6) is -2.34. The molecule has 1 aromatic heterocycles. The van der Waals surface area contributed by atoms with E-state index in [4.69, 9.17) is 0 Å². The summed E-state index contributed by atoms with van der Waals surface area (Å²) in [7, 11) is 0. The van der Waals surface area contributed by atoms with Crippen LogP contribution in [-0.4, -0.2) is 56.3 Å². The first-order valence-electron chi connectivity index (χ1n) is 10.6. The Morgan fingerprint density at radius 3 is 2.33 bits per heavy atom. The van der Waals surface area contributed by atoms with Gasteiger partial charge in [0.05, 0.1) is 12.5 Å². The number of rotatable bonds is 10. The molecular weight excluding hydrogens is 426 g/mol. The van der Waals surface area contributed by atoms with Crippen molar-refractivity contribution in [1.29, 1.82) is 0 Å². The number of hydrogen-bond donors (Lipinski definition) is 6. The van der Waals surface area contributed by atoms with Gasteiger partial charge >= 0.3 is 5.97 Å². The quantitative estimate of drug-likeness (QED) is 0.274. The highest BCUT2D eigenvalue weighted by Gasteiger charge is 2.28. The Kier molecular flexibility index (Phi) is 7.68. The lowest BCUT2D eigenvalue weighted by molar-refractivity contribution is -0.142. The summed E-state index contributed by atoms with van der Waals surface area (Å²) in [6.07, 6.45) is 0.758. The minimum Gasteiger partial charge on any atom is -0.508 e. The normalized spacial score (nSPS) is 13.8. The van der Waals surface area contributed by atoms with E-state index < -0.39 is 36.0 Å². The summed E-state index contributed by atoms with van der Waals surface area (Å²) < 4.78 is 0. The molecule has 9 nitrogen and oxygen atoms in total. The van der Waals surface area contributed by atoms with Crippen molar-refractivity contribution in [3.05, 3.63) is 65.9 Å². The van der Waals surface area contributed by atoms with Crippen molar-refractivity contribution in [3.8, 4) is 5.75 Å². The number of amides is 2. The third kappa shape index (κ3) is 6.56. The lowest BCUT2D eigenvalue weighted by Crippen LogP contribution is -2.53. The molecule has 3 aromatic rings.